The van der Waals surface area contributed by atoms with Crippen LogP contribution in [-0.2, 0) is 11.3 Å². The third-order valence-electron chi connectivity index (χ3n) is 7.77. The Bertz CT molecular complexity index is 1120. The Morgan fingerprint density at radius 3 is 2.87 bits per heavy atom. The van der Waals surface area contributed by atoms with Crippen LogP contribution < -0.4 is 0 Å². The largest absolute Gasteiger partial charge is 0.336 e. The summed E-state index contributed by atoms with van der Waals surface area (Å²) in [6, 6.07) is 19.4. The average molecular weight is 413 g/mol. The quantitative estimate of drug-likeness (QED) is 0.647. The summed E-state index contributed by atoms with van der Waals surface area (Å²) in [5.41, 5.74) is 4.62. The molecule has 3 aliphatic rings. The topological polar surface area (TPSA) is 41.4 Å². The van der Waals surface area contributed by atoms with Gasteiger partial charge in [0.05, 0.1) is 5.69 Å². The minimum absolute atomic E-state index is 0.297. The van der Waals surface area contributed by atoms with Crippen LogP contribution in [0.4, 0.5) is 0 Å². The van der Waals surface area contributed by atoms with E-state index in [0.29, 0.717) is 17.9 Å². The molecule has 3 aromatic rings. The van der Waals surface area contributed by atoms with Gasteiger partial charge < -0.3 is 4.90 Å². The molecular weight excluding hydrogens is 384 g/mol. The van der Waals surface area contributed by atoms with Crippen molar-refractivity contribution in [3.63, 3.8) is 0 Å². The van der Waals surface area contributed by atoms with Crippen molar-refractivity contribution in [2.75, 3.05) is 13.1 Å². The fourth-order valence-corrected chi connectivity index (χ4v) is 6.32. The Labute approximate surface area is 183 Å². The summed E-state index contributed by atoms with van der Waals surface area (Å²) in [6.45, 7) is 4.76. The van der Waals surface area contributed by atoms with Crippen molar-refractivity contribution in [1.29, 1.82) is 0 Å². The number of nitrogens with zero attached hydrogens (tertiary/aromatic N) is 4. The van der Waals surface area contributed by atoms with Gasteiger partial charge in [0, 0.05) is 37.4 Å². The molecule has 4 heterocycles. The molecule has 2 aromatic carbocycles. The molecule has 0 aliphatic carbocycles. The monoisotopic (exact) mass is 412 g/mol. The van der Waals surface area contributed by atoms with E-state index in [1.165, 1.54) is 16.7 Å². The van der Waals surface area contributed by atoms with Crippen LogP contribution in [0.15, 0.2) is 67.0 Å². The third-order valence-corrected chi connectivity index (χ3v) is 7.77. The molecule has 0 N–H and O–H groups in total. The van der Waals surface area contributed by atoms with Gasteiger partial charge in [-0.15, -0.1) is 0 Å². The summed E-state index contributed by atoms with van der Waals surface area (Å²) in [5, 5.41) is 4.39. The zero-order chi connectivity index (χ0) is 21.0. The number of amides is 1. The average Bonchev–Trinajstić information content (AvgIpc) is 3.55. The van der Waals surface area contributed by atoms with E-state index in [0.717, 1.165) is 44.6 Å². The number of likely N-dealkylation sites (tertiary alicyclic amines) is 1. The van der Waals surface area contributed by atoms with Crippen molar-refractivity contribution in [2.24, 2.45) is 5.92 Å². The lowest BCUT2D eigenvalue weighted by atomic mass is 9.85. The molecular formula is C26H28N4O. The van der Waals surface area contributed by atoms with Gasteiger partial charge in [0.1, 0.15) is 5.54 Å². The number of carbonyl (C=O) groups is 1. The molecule has 5 heteroatoms. The summed E-state index contributed by atoms with van der Waals surface area (Å²) in [5.74, 6) is 0.758. The second-order valence-corrected chi connectivity index (χ2v) is 9.33. The Balaban J connectivity index is 1.29. The molecule has 0 saturated carbocycles. The SMILES string of the molecule is Cc1ccccc1CN1C[C@@H]2C[C@@H](c3cccc(-n4cccn4)c3)N3CCC[C@@]23C1=O. The van der Waals surface area contributed by atoms with E-state index in [9.17, 15) is 4.79 Å². The molecule has 1 aromatic heterocycles. The fourth-order valence-electron chi connectivity index (χ4n) is 6.32. The number of aromatic nitrogens is 2. The van der Waals surface area contributed by atoms with Crippen molar-refractivity contribution >= 4 is 5.91 Å². The maximum Gasteiger partial charge on any atom is 0.243 e. The van der Waals surface area contributed by atoms with E-state index < -0.39 is 0 Å². The molecule has 0 radical (unpaired) electrons. The van der Waals surface area contributed by atoms with Crippen molar-refractivity contribution in [1.82, 2.24) is 19.6 Å². The number of carbonyl (C=O) groups excluding carboxylic acids is 1. The number of hydrogen-bond acceptors (Lipinski definition) is 3. The third kappa shape index (κ3) is 2.79. The second-order valence-electron chi connectivity index (χ2n) is 9.33. The minimum atomic E-state index is -0.297. The van der Waals surface area contributed by atoms with Gasteiger partial charge in [0.15, 0.2) is 0 Å². The van der Waals surface area contributed by atoms with Gasteiger partial charge in [0.2, 0.25) is 5.91 Å². The van der Waals surface area contributed by atoms with Crippen LogP contribution >= 0.6 is 0 Å². The highest BCUT2D eigenvalue weighted by Gasteiger charge is 2.65. The number of benzene rings is 2. The molecule has 3 fully saturated rings. The highest BCUT2D eigenvalue weighted by atomic mass is 16.2. The van der Waals surface area contributed by atoms with Gasteiger partial charge in [-0.05, 0) is 67.6 Å². The fraction of sp³-hybridized carbons (Fsp3) is 0.385. The number of rotatable bonds is 4. The van der Waals surface area contributed by atoms with Crippen LogP contribution in [-0.4, -0.2) is 44.1 Å². The first-order chi connectivity index (χ1) is 15.2. The Hall–Kier alpha value is -2.92. The minimum Gasteiger partial charge on any atom is -0.336 e. The van der Waals surface area contributed by atoms with Gasteiger partial charge in [-0.2, -0.15) is 5.10 Å². The first-order valence-electron chi connectivity index (χ1n) is 11.4. The molecule has 3 saturated heterocycles. The van der Waals surface area contributed by atoms with Crippen molar-refractivity contribution in [3.05, 3.63) is 83.7 Å². The molecule has 5 nitrogen and oxygen atoms in total. The van der Waals surface area contributed by atoms with Crippen LogP contribution in [0.25, 0.3) is 5.69 Å². The lowest BCUT2D eigenvalue weighted by molar-refractivity contribution is -0.137. The predicted molar refractivity (Wildman–Crippen MR) is 120 cm³/mol. The number of aryl methyl sites for hydroxylation is 1. The van der Waals surface area contributed by atoms with Gasteiger partial charge in [-0.25, -0.2) is 4.68 Å². The zero-order valence-electron chi connectivity index (χ0n) is 17.9. The summed E-state index contributed by atoms with van der Waals surface area (Å²) in [6.07, 6.45) is 6.95. The lowest BCUT2D eigenvalue weighted by Gasteiger charge is -2.34. The zero-order valence-corrected chi connectivity index (χ0v) is 17.9. The van der Waals surface area contributed by atoms with Crippen molar-refractivity contribution in [3.8, 4) is 5.69 Å². The van der Waals surface area contributed by atoms with E-state index in [2.05, 4.69) is 70.4 Å². The van der Waals surface area contributed by atoms with E-state index in [1.807, 2.05) is 23.1 Å². The summed E-state index contributed by atoms with van der Waals surface area (Å²) in [4.78, 5) is 18.5. The molecule has 1 amide bonds. The highest BCUT2D eigenvalue weighted by Crippen LogP contribution is 2.56. The Morgan fingerprint density at radius 2 is 2.03 bits per heavy atom. The maximum atomic E-state index is 13.8. The maximum absolute atomic E-state index is 13.8. The van der Waals surface area contributed by atoms with Gasteiger partial charge >= 0.3 is 0 Å². The first-order valence-corrected chi connectivity index (χ1v) is 11.4. The van der Waals surface area contributed by atoms with Crippen LogP contribution in [0.5, 0.6) is 0 Å². The summed E-state index contributed by atoms with van der Waals surface area (Å²) >= 11 is 0. The smallest absolute Gasteiger partial charge is 0.243 e. The van der Waals surface area contributed by atoms with Crippen LogP contribution in [0.1, 0.15) is 42.0 Å². The lowest BCUT2D eigenvalue weighted by Crippen LogP contribution is -2.49. The summed E-state index contributed by atoms with van der Waals surface area (Å²) in [7, 11) is 0. The Kier molecular flexibility index (Phi) is 4.29. The molecule has 158 valence electrons. The molecule has 31 heavy (non-hydrogen) atoms. The molecule has 1 spiro atoms. The van der Waals surface area contributed by atoms with E-state index in [-0.39, 0.29) is 5.54 Å². The predicted octanol–water partition coefficient (Wildman–Crippen LogP) is 4.12. The first kappa shape index (κ1) is 18.8. The van der Waals surface area contributed by atoms with Crippen molar-refractivity contribution in [2.45, 2.75) is 44.3 Å². The highest BCUT2D eigenvalue weighted by molar-refractivity contribution is 5.90. The van der Waals surface area contributed by atoms with E-state index in [4.69, 9.17) is 0 Å². The molecule has 0 bridgehead atoms. The van der Waals surface area contributed by atoms with Crippen LogP contribution in [0.2, 0.25) is 0 Å². The van der Waals surface area contributed by atoms with Crippen LogP contribution in [0, 0.1) is 12.8 Å². The van der Waals surface area contributed by atoms with Gasteiger partial charge in [0.25, 0.3) is 0 Å². The molecule has 0 unspecified atom stereocenters. The summed E-state index contributed by atoms with van der Waals surface area (Å²) < 4.78 is 1.91. The molecule has 6 rings (SSSR count). The normalized spacial score (nSPS) is 27.6. The van der Waals surface area contributed by atoms with E-state index in [1.54, 1.807) is 0 Å². The van der Waals surface area contributed by atoms with Crippen LogP contribution in [0.3, 0.4) is 0 Å². The number of hydrogen-bond donors (Lipinski definition) is 0. The second kappa shape index (κ2) is 7.06. The standard InChI is InChI=1S/C26H28N4O/c1-19-7-2-3-8-21(19)17-28-18-22-16-24(29-13-5-11-26(22,29)25(28)31)20-9-4-10-23(15-20)30-14-6-12-27-30/h2-4,6-10,12,14-15,22,24H,5,11,13,16-18H2,1H3/t22-,24-,26-/m0/s1. The molecule has 3 atom stereocenters. The van der Waals surface area contributed by atoms with Gasteiger partial charge in [-0.1, -0.05) is 36.4 Å². The van der Waals surface area contributed by atoms with E-state index >= 15 is 0 Å². The van der Waals surface area contributed by atoms with Gasteiger partial charge in [-0.3, -0.25) is 9.69 Å². The van der Waals surface area contributed by atoms with Crippen molar-refractivity contribution < 1.29 is 4.79 Å². The Morgan fingerprint density at radius 1 is 1.13 bits per heavy atom. The molecule has 3 aliphatic heterocycles.